The summed E-state index contributed by atoms with van der Waals surface area (Å²) in [6, 6.07) is 15.4. The van der Waals surface area contributed by atoms with E-state index >= 15 is 0 Å². The Labute approximate surface area is 184 Å². The Balaban J connectivity index is 1.25. The quantitative estimate of drug-likeness (QED) is 0.595. The number of nitrogens with zero attached hydrogens (tertiary/aromatic N) is 3. The fourth-order valence-electron chi connectivity index (χ4n) is 3.23. The average molecular weight is 431 g/mol. The van der Waals surface area contributed by atoms with Gasteiger partial charge in [-0.3, -0.25) is 14.4 Å². The number of benzene rings is 2. The highest BCUT2D eigenvalue weighted by molar-refractivity contribution is 6.00. The van der Waals surface area contributed by atoms with Gasteiger partial charge < -0.3 is 20.3 Å². The van der Waals surface area contributed by atoms with Crippen LogP contribution in [0.4, 0.5) is 11.4 Å². The van der Waals surface area contributed by atoms with Gasteiger partial charge in [-0.1, -0.05) is 0 Å². The van der Waals surface area contributed by atoms with Crippen molar-refractivity contribution in [1.82, 2.24) is 15.3 Å². The number of carbonyl (C=O) groups excluding carboxylic acids is 3. The smallest absolute Gasteiger partial charge is 0.321 e. The maximum atomic E-state index is 12.3. The molecule has 3 amide bonds. The van der Waals surface area contributed by atoms with Gasteiger partial charge in [0, 0.05) is 42.3 Å². The van der Waals surface area contributed by atoms with Crippen LogP contribution >= 0.6 is 0 Å². The zero-order valence-electron chi connectivity index (χ0n) is 17.2. The molecule has 0 bridgehead atoms. The van der Waals surface area contributed by atoms with Crippen molar-refractivity contribution in [3.8, 4) is 11.8 Å². The number of amides is 3. The Morgan fingerprint density at radius 1 is 1.00 bits per heavy atom. The number of carbonyl (C=O) groups is 3. The van der Waals surface area contributed by atoms with Crippen molar-refractivity contribution < 1.29 is 19.1 Å². The topological polar surface area (TPSA) is 114 Å². The van der Waals surface area contributed by atoms with Gasteiger partial charge in [0.15, 0.2) is 0 Å². The van der Waals surface area contributed by atoms with Crippen molar-refractivity contribution in [1.29, 1.82) is 0 Å². The van der Waals surface area contributed by atoms with Gasteiger partial charge in [0.1, 0.15) is 5.75 Å². The van der Waals surface area contributed by atoms with E-state index in [1.165, 1.54) is 0 Å². The summed E-state index contributed by atoms with van der Waals surface area (Å²) in [5.41, 5.74) is 1.75. The lowest BCUT2D eigenvalue weighted by Crippen LogP contribution is -2.32. The third-order valence-corrected chi connectivity index (χ3v) is 4.81. The van der Waals surface area contributed by atoms with E-state index in [0.717, 1.165) is 12.1 Å². The third kappa shape index (κ3) is 5.25. The lowest BCUT2D eigenvalue weighted by molar-refractivity contribution is -0.117. The van der Waals surface area contributed by atoms with E-state index in [2.05, 4.69) is 20.6 Å². The van der Waals surface area contributed by atoms with Gasteiger partial charge in [-0.25, -0.2) is 9.97 Å². The van der Waals surface area contributed by atoms with E-state index in [0.29, 0.717) is 30.0 Å². The summed E-state index contributed by atoms with van der Waals surface area (Å²) in [6.07, 6.45) is 4.55. The van der Waals surface area contributed by atoms with E-state index in [4.69, 9.17) is 4.74 Å². The van der Waals surface area contributed by atoms with E-state index < -0.39 is 0 Å². The first-order valence-electron chi connectivity index (χ1n) is 10.1. The van der Waals surface area contributed by atoms with Crippen LogP contribution in [0, 0.1) is 0 Å². The molecule has 0 saturated carbocycles. The van der Waals surface area contributed by atoms with Gasteiger partial charge in [0.25, 0.3) is 5.91 Å². The Morgan fingerprint density at radius 3 is 2.38 bits per heavy atom. The number of aromatic nitrogens is 2. The number of rotatable bonds is 7. The molecule has 0 unspecified atom stereocenters. The van der Waals surface area contributed by atoms with Crippen LogP contribution in [-0.4, -0.2) is 40.8 Å². The van der Waals surface area contributed by atoms with Crippen LogP contribution in [-0.2, 0) is 9.59 Å². The summed E-state index contributed by atoms with van der Waals surface area (Å²) >= 11 is 0. The number of nitrogens with one attached hydrogen (secondary N) is 2. The molecular formula is C23H21N5O4. The standard InChI is InChI=1S/C23H21N5O4/c29-20(27-17-6-10-19(11-7-17)32-23-24-12-2-13-25-23)15-26-22(31)16-4-8-18(9-5-16)28-14-1-3-21(28)30/h2,4-13H,1,3,14-15H2,(H,26,31)(H,27,29). The van der Waals surface area contributed by atoms with Gasteiger partial charge in [0.05, 0.1) is 6.54 Å². The highest BCUT2D eigenvalue weighted by atomic mass is 16.5. The summed E-state index contributed by atoms with van der Waals surface area (Å²) < 4.78 is 5.50. The number of hydrogen-bond acceptors (Lipinski definition) is 6. The van der Waals surface area contributed by atoms with E-state index in [-0.39, 0.29) is 30.3 Å². The van der Waals surface area contributed by atoms with Crippen molar-refractivity contribution in [3.05, 3.63) is 72.6 Å². The maximum absolute atomic E-state index is 12.3. The molecule has 9 nitrogen and oxygen atoms in total. The van der Waals surface area contributed by atoms with E-state index in [1.54, 1.807) is 71.9 Å². The van der Waals surface area contributed by atoms with E-state index in [9.17, 15) is 14.4 Å². The maximum Gasteiger partial charge on any atom is 0.321 e. The van der Waals surface area contributed by atoms with Gasteiger partial charge in [-0.05, 0) is 61.0 Å². The van der Waals surface area contributed by atoms with Gasteiger partial charge in [0.2, 0.25) is 11.8 Å². The molecule has 1 saturated heterocycles. The Morgan fingerprint density at radius 2 is 1.72 bits per heavy atom. The van der Waals surface area contributed by atoms with Crippen molar-refractivity contribution in [2.75, 3.05) is 23.3 Å². The zero-order valence-corrected chi connectivity index (χ0v) is 17.2. The lowest BCUT2D eigenvalue weighted by Gasteiger charge is -2.15. The van der Waals surface area contributed by atoms with Crippen LogP contribution in [0.15, 0.2) is 67.0 Å². The third-order valence-electron chi connectivity index (χ3n) is 4.81. The van der Waals surface area contributed by atoms with Crippen LogP contribution in [0.3, 0.4) is 0 Å². The van der Waals surface area contributed by atoms with Crippen LogP contribution < -0.4 is 20.3 Å². The molecular weight excluding hydrogens is 410 g/mol. The van der Waals surface area contributed by atoms with Gasteiger partial charge in [-0.2, -0.15) is 0 Å². The highest BCUT2D eigenvalue weighted by Gasteiger charge is 2.21. The molecule has 9 heteroatoms. The predicted molar refractivity (Wildman–Crippen MR) is 118 cm³/mol. The normalized spacial score (nSPS) is 13.0. The fourth-order valence-corrected chi connectivity index (χ4v) is 3.23. The summed E-state index contributed by atoms with van der Waals surface area (Å²) in [6.45, 7) is 0.513. The SMILES string of the molecule is O=C(CNC(=O)c1ccc(N2CCCC2=O)cc1)Nc1ccc(Oc2ncccn2)cc1. The molecule has 1 fully saturated rings. The van der Waals surface area contributed by atoms with Crippen LogP contribution in [0.1, 0.15) is 23.2 Å². The Kier molecular flexibility index (Phi) is 6.35. The molecule has 2 N–H and O–H groups in total. The summed E-state index contributed by atoms with van der Waals surface area (Å²) in [7, 11) is 0. The fraction of sp³-hybridized carbons (Fsp3) is 0.174. The molecule has 0 atom stereocenters. The van der Waals surface area contributed by atoms with Gasteiger partial charge >= 0.3 is 6.01 Å². The molecule has 0 spiro atoms. The van der Waals surface area contributed by atoms with Crippen LogP contribution in [0.25, 0.3) is 0 Å². The minimum atomic E-state index is -0.369. The van der Waals surface area contributed by atoms with Crippen molar-refractivity contribution in [2.45, 2.75) is 12.8 Å². The minimum Gasteiger partial charge on any atom is -0.424 e. The first kappa shape index (κ1) is 21.0. The summed E-state index contributed by atoms with van der Waals surface area (Å²) in [5.74, 6) is -0.114. The molecule has 0 radical (unpaired) electrons. The number of ether oxygens (including phenoxy) is 1. The second-order valence-electron chi connectivity index (χ2n) is 7.08. The molecule has 2 aromatic carbocycles. The average Bonchev–Trinajstić information content (AvgIpc) is 3.25. The van der Waals surface area contributed by atoms with Crippen molar-refractivity contribution in [2.24, 2.45) is 0 Å². The monoisotopic (exact) mass is 431 g/mol. The molecule has 1 aliphatic rings. The molecule has 4 rings (SSSR count). The van der Waals surface area contributed by atoms with Crippen LogP contribution in [0.5, 0.6) is 11.8 Å². The predicted octanol–water partition coefficient (Wildman–Crippen LogP) is 2.76. The highest BCUT2D eigenvalue weighted by Crippen LogP contribution is 2.22. The van der Waals surface area contributed by atoms with Gasteiger partial charge in [-0.15, -0.1) is 0 Å². The molecule has 1 aromatic heterocycles. The van der Waals surface area contributed by atoms with Crippen molar-refractivity contribution >= 4 is 29.1 Å². The van der Waals surface area contributed by atoms with E-state index in [1.807, 2.05) is 0 Å². The zero-order chi connectivity index (χ0) is 22.3. The molecule has 162 valence electrons. The molecule has 0 aliphatic carbocycles. The second kappa shape index (κ2) is 9.69. The summed E-state index contributed by atoms with van der Waals surface area (Å²) in [5, 5.41) is 5.29. The largest absolute Gasteiger partial charge is 0.424 e. The molecule has 1 aliphatic heterocycles. The first-order chi connectivity index (χ1) is 15.6. The number of anilines is 2. The molecule has 32 heavy (non-hydrogen) atoms. The number of hydrogen-bond donors (Lipinski definition) is 2. The molecule has 3 aromatic rings. The minimum absolute atomic E-state index is 0.0897. The summed E-state index contributed by atoms with van der Waals surface area (Å²) in [4.78, 5) is 46.0. The first-order valence-corrected chi connectivity index (χ1v) is 10.1. The Bertz CT molecular complexity index is 1100. The molecule has 2 heterocycles. The lowest BCUT2D eigenvalue weighted by atomic mass is 10.2. The van der Waals surface area contributed by atoms with Crippen molar-refractivity contribution in [3.63, 3.8) is 0 Å². The second-order valence-corrected chi connectivity index (χ2v) is 7.08. The van der Waals surface area contributed by atoms with Crippen LogP contribution in [0.2, 0.25) is 0 Å². The Hall–Kier alpha value is -4.27.